The Morgan fingerprint density at radius 3 is 2.75 bits per heavy atom. The minimum Gasteiger partial charge on any atom is -0.475 e. The van der Waals surface area contributed by atoms with E-state index in [9.17, 15) is 13.2 Å². The number of hydrogen-bond acceptors (Lipinski definition) is 8. The Bertz CT molecular complexity index is 1080. The van der Waals surface area contributed by atoms with Crippen LogP contribution >= 0.6 is 45.5 Å². The number of carbonyl (C=O) groups is 1. The summed E-state index contributed by atoms with van der Waals surface area (Å²) in [7, 11) is 0. The molecule has 0 amide bonds. The second-order valence-corrected chi connectivity index (χ2v) is 9.10. The van der Waals surface area contributed by atoms with Crippen LogP contribution in [0.25, 0.3) is 10.2 Å². The van der Waals surface area contributed by atoms with Gasteiger partial charge in [-0.1, -0.05) is 0 Å². The lowest BCUT2D eigenvalue weighted by Gasteiger charge is -2.28. The molecule has 1 fully saturated rings. The average molecular weight is 605 g/mol. The fraction of sp³-hybridized carbons (Fsp3) is 0.389. The van der Waals surface area contributed by atoms with E-state index in [1.165, 1.54) is 0 Å². The van der Waals surface area contributed by atoms with E-state index in [1.54, 1.807) is 17.6 Å². The zero-order valence-electron chi connectivity index (χ0n) is 16.2. The van der Waals surface area contributed by atoms with E-state index in [4.69, 9.17) is 36.4 Å². The first kappa shape index (κ1) is 25.0. The lowest BCUT2D eigenvalue weighted by molar-refractivity contribution is -0.192. The van der Waals surface area contributed by atoms with Crippen molar-refractivity contribution in [2.75, 3.05) is 11.9 Å². The molecule has 1 aliphatic rings. The Hall–Kier alpha value is -1.68. The summed E-state index contributed by atoms with van der Waals surface area (Å²) in [5.41, 5.74) is 7.12. The molecule has 2 atom stereocenters. The Kier molecular flexibility index (Phi) is 8.19. The standard InChI is InChI=1S/C16H16ClIN4O2S.C2HF3O2/c17-16-21-11-10(18)13(12-9(19)4-2-6-24-12)25-14(11)15(22-16)20-7-8-3-1-5-23-8;3-2(4,5)1(6)7/h1,3,5,9,12H,2,4,6-7,19H2,(H,20,21,22);(H,6,7)/t9-,12-;/m1./s1. The summed E-state index contributed by atoms with van der Waals surface area (Å²) in [5.74, 6) is -1.23. The number of carboxylic acid groups (broad SMARTS) is 1. The van der Waals surface area contributed by atoms with Gasteiger partial charge in [-0.05, 0) is 59.2 Å². The molecule has 4 heterocycles. The third kappa shape index (κ3) is 6.01. The summed E-state index contributed by atoms with van der Waals surface area (Å²) >= 11 is 10.1. The second-order valence-electron chi connectivity index (χ2n) is 6.63. The van der Waals surface area contributed by atoms with Crippen LogP contribution < -0.4 is 11.1 Å². The number of hydrogen-bond donors (Lipinski definition) is 3. The minimum absolute atomic E-state index is 0.00159. The molecule has 0 aliphatic carbocycles. The third-order valence-corrected chi connectivity index (χ3v) is 7.23. The first-order chi connectivity index (χ1) is 15.1. The summed E-state index contributed by atoms with van der Waals surface area (Å²) < 4.78 is 45.0. The predicted octanol–water partition coefficient (Wildman–Crippen LogP) is 4.97. The van der Waals surface area contributed by atoms with Crippen LogP contribution in [0.3, 0.4) is 0 Å². The summed E-state index contributed by atoms with van der Waals surface area (Å²) in [6, 6.07) is 3.76. The molecule has 0 aromatic carbocycles. The molecule has 0 unspecified atom stereocenters. The van der Waals surface area contributed by atoms with Crippen molar-refractivity contribution >= 4 is 67.5 Å². The molecule has 1 aliphatic heterocycles. The number of halogens is 5. The first-order valence-electron chi connectivity index (χ1n) is 9.17. The quantitative estimate of drug-likeness (QED) is 0.282. The molecule has 3 aromatic heterocycles. The van der Waals surface area contributed by atoms with Crippen molar-refractivity contribution in [1.29, 1.82) is 0 Å². The van der Waals surface area contributed by atoms with Crippen LogP contribution in [0.4, 0.5) is 19.0 Å². The van der Waals surface area contributed by atoms with Crippen molar-refractivity contribution in [2.24, 2.45) is 5.73 Å². The number of nitrogens with one attached hydrogen (secondary N) is 1. The highest BCUT2D eigenvalue weighted by atomic mass is 127. The number of alkyl halides is 3. The first-order valence-corrected chi connectivity index (χ1v) is 11.4. The van der Waals surface area contributed by atoms with Gasteiger partial charge in [0.15, 0.2) is 0 Å². The number of anilines is 1. The minimum atomic E-state index is -5.08. The second kappa shape index (κ2) is 10.5. The molecule has 1 saturated heterocycles. The summed E-state index contributed by atoms with van der Waals surface area (Å²) in [6.07, 6.45) is -1.57. The van der Waals surface area contributed by atoms with Crippen molar-refractivity contribution in [2.45, 2.75) is 37.7 Å². The van der Waals surface area contributed by atoms with E-state index in [0.29, 0.717) is 12.4 Å². The molecule has 3 aromatic rings. The number of aromatic nitrogens is 2. The van der Waals surface area contributed by atoms with Crippen LogP contribution in [0.15, 0.2) is 22.8 Å². The number of furan rings is 1. The van der Waals surface area contributed by atoms with Gasteiger partial charge in [-0.15, -0.1) is 11.3 Å². The molecule has 174 valence electrons. The number of carboxylic acids is 1. The lowest BCUT2D eigenvalue weighted by Crippen LogP contribution is -2.34. The van der Waals surface area contributed by atoms with Crippen LogP contribution in [0.2, 0.25) is 5.28 Å². The Balaban J connectivity index is 0.000000360. The van der Waals surface area contributed by atoms with Gasteiger partial charge in [-0.25, -0.2) is 9.78 Å². The van der Waals surface area contributed by atoms with Crippen molar-refractivity contribution in [3.05, 3.63) is 37.9 Å². The number of aliphatic carboxylic acids is 1. The molecule has 4 rings (SSSR count). The van der Waals surface area contributed by atoms with Gasteiger partial charge in [0.05, 0.1) is 26.0 Å². The van der Waals surface area contributed by atoms with E-state index in [0.717, 1.165) is 43.9 Å². The van der Waals surface area contributed by atoms with E-state index in [-0.39, 0.29) is 17.4 Å². The molecular weight excluding hydrogens is 588 g/mol. The molecule has 14 heteroatoms. The van der Waals surface area contributed by atoms with Crippen molar-refractivity contribution in [1.82, 2.24) is 9.97 Å². The van der Waals surface area contributed by atoms with Crippen LogP contribution in [0, 0.1) is 3.57 Å². The van der Waals surface area contributed by atoms with Crippen LogP contribution in [-0.4, -0.2) is 39.9 Å². The number of fused-ring (bicyclic) bond motifs is 1. The fourth-order valence-corrected chi connectivity index (χ4v) is 5.50. The molecule has 0 radical (unpaired) electrons. The maximum atomic E-state index is 10.6. The maximum absolute atomic E-state index is 10.6. The van der Waals surface area contributed by atoms with Crippen molar-refractivity contribution in [3.63, 3.8) is 0 Å². The number of thiophene rings is 1. The number of rotatable bonds is 4. The SMILES string of the molecule is N[C@@H]1CCCO[C@H]1c1sc2c(NCc3ccco3)nc(Cl)nc2c1I.O=C(O)C(F)(F)F. The van der Waals surface area contributed by atoms with Crippen LogP contribution in [0.5, 0.6) is 0 Å². The Morgan fingerprint density at radius 2 is 2.16 bits per heavy atom. The van der Waals surface area contributed by atoms with E-state index in [2.05, 4.69) is 37.9 Å². The number of nitrogens with two attached hydrogens (primary N) is 1. The molecule has 0 saturated carbocycles. The van der Waals surface area contributed by atoms with Gasteiger partial charge in [0, 0.05) is 12.6 Å². The highest BCUT2D eigenvalue weighted by molar-refractivity contribution is 14.1. The topological polar surface area (TPSA) is 124 Å². The lowest BCUT2D eigenvalue weighted by atomic mass is 10.0. The Labute approximate surface area is 202 Å². The predicted molar refractivity (Wildman–Crippen MR) is 121 cm³/mol. The molecule has 8 nitrogen and oxygen atoms in total. The fourth-order valence-electron chi connectivity index (χ4n) is 2.90. The largest absolute Gasteiger partial charge is 0.490 e. The molecule has 0 spiro atoms. The maximum Gasteiger partial charge on any atom is 0.490 e. The third-order valence-electron chi connectivity index (χ3n) is 4.35. The number of ether oxygens (including phenoxy) is 1. The van der Waals surface area contributed by atoms with E-state index in [1.807, 2.05) is 12.1 Å². The van der Waals surface area contributed by atoms with Gasteiger partial charge in [-0.2, -0.15) is 18.2 Å². The van der Waals surface area contributed by atoms with Crippen LogP contribution in [0.1, 0.15) is 29.6 Å². The normalized spacial score (nSPS) is 18.8. The van der Waals surface area contributed by atoms with Crippen molar-refractivity contribution in [3.8, 4) is 0 Å². The van der Waals surface area contributed by atoms with Gasteiger partial charge in [0.2, 0.25) is 5.28 Å². The molecule has 0 bridgehead atoms. The Morgan fingerprint density at radius 1 is 1.44 bits per heavy atom. The van der Waals surface area contributed by atoms with Crippen molar-refractivity contribution < 1.29 is 32.2 Å². The summed E-state index contributed by atoms with van der Waals surface area (Å²) in [6.45, 7) is 1.26. The summed E-state index contributed by atoms with van der Waals surface area (Å²) in [5, 5.41) is 10.6. The van der Waals surface area contributed by atoms with Gasteiger partial charge in [0.25, 0.3) is 0 Å². The van der Waals surface area contributed by atoms with Crippen LogP contribution in [-0.2, 0) is 16.1 Å². The van der Waals surface area contributed by atoms with E-state index < -0.39 is 12.1 Å². The monoisotopic (exact) mass is 604 g/mol. The highest BCUT2D eigenvalue weighted by Gasteiger charge is 2.38. The smallest absolute Gasteiger partial charge is 0.475 e. The van der Waals surface area contributed by atoms with Gasteiger partial charge in [-0.3, -0.25) is 0 Å². The van der Waals surface area contributed by atoms with Gasteiger partial charge < -0.3 is 25.3 Å². The zero-order chi connectivity index (χ0) is 23.5. The zero-order valence-corrected chi connectivity index (χ0v) is 19.9. The van der Waals surface area contributed by atoms with Gasteiger partial charge >= 0.3 is 12.1 Å². The highest BCUT2D eigenvalue weighted by Crippen LogP contribution is 2.42. The van der Waals surface area contributed by atoms with E-state index >= 15 is 0 Å². The van der Waals surface area contributed by atoms with Gasteiger partial charge in [0.1, 0.15) is 23.2 Å². The average Bonchev–Trinajstić information content (AvgIpc) is 3.35. The molecular formula is C18H17ClF3IN4O4S. The summed E-state index contributed by atoms with van der Waals surface area (Å²) in [4.78, 5) is 18.8. The number of nitrogens with zero attached hydrogens (tertiary/aromatic N) is 2. The molecule has 32 heavy (non-hydrogen) atoms. The molecule has 4 N–H and O–H groups in total.